The van der Waals surface area contributed by atoms with E-state index in [0.717, 1.165) is 16.8 Å². The molecule has 0 aliphatic heterocycles. The summed E-state index contributed by atoms with van der Waals surface area (Å²) in [4.78, 5) is 20.5. The lowest BCUT2D eigenvalue weighted by molar-refractivity contribution is 0.0962. The number of rotatable bonds is 5. The van der Waals surface area contributed by atoms with Crippen molar-refractivity contribution in [3.8, 4) is 0 Å². The fraction of sp³-hybridized carbons (Fsp3) is 0.105. The Bertz CT molecular complexity index is 992. The molecule has 0 saturated carbocycles. The van der Waals surface area contributed by atoms with E-state index in [2.05, 4.69) is 26.1 Å². The van der Waals surface area contributed by atoms with Gasteiger partial charge in [0.05, 0.1) is 0 Å². The number of hydrazine groups is 1. The first-order chi connectivity index (χ1) is 13.0. The van der Waals surface area contributed by atoms with Gasteiger partial charge in [-0.1, -0.05) is 29.8 Å². The number of nitrogens with two attached hydrogens (primary N) is 1. The molecule has 2 aromatic carbocycles. The van der Waals surface area contributed by atoms with Crippen molar-refractivity contribution in [1.29, 1.82) is 0 Å². The maximum Gasteiger partial charge on any atom is 0.269 e. The molecule has 1 heterocycles. The van der Waals surface area contributed by atoms with Crippen LogP contribution in [0.5, 0.6) is 0 Å². The van der Waals surface area contributed by atoms with Gasteiger partial charge in [-0.3, -0.25) is 15.6 Å². The summed E-state index contributed by atoms with van der Waals surface area (Å²) in [5.41, 5.74) is 15.3. The van der Waals surface area contributed by atoms with Crippen molar-refractivity contribution >= 4 is 40.5 Å². The molecule has 1 amide bonds. The molecule has 5 N–H and O–H groups in total. The average Bonchev–Trinajstić information content (AvgIpc) is 2.65. The number of carbonyl (C=O) groups is 1. The quantitative estimate of drug-likeness (QED) is 0.500. The maximum atomic E-state index is 12.2. The van der Waals surface area contributed by atoms with E-state index in [1.165, 1.54) is 6.33 Å². The van der Waals surface area contributed by atoms with Crippen LogP contribution in [0.15, 0.2) is 48.8 Å². The van der Waals surface area contributed by atoms with Crippen LogP contribution in [0.1, 0.15) is 21.5 Å². The average molecular weight is 383 g/mol. The molecule has 3 rings (SSSR count). The van der Waals surface area contributed by atoms with Crippen molar-refractivity contribution in [2.24, 2.45) is 0 Å². The van der Waals surface area contributed by atoms with Gasteiger partial charge in [0.2, 0.25) is 0 Å². The number of hydrogen-bond acceptors (Lipinski definition) is 6. The van der Waals surface area contributed by atoms with Crippen LogP contribution in [-0.4, -0.2) is 15.9 Å². The number of aromatic nitrogens is 2. The number of nitrogens with zero attached hydrogens (tertiary/aromatic N) is 2. The van der Waals surface area contributed by atoms with Gasteiger partial charge in [0.15, 0.2) is 11.6 Å². The minimum atomic E-state index is -0.362. The van der Waals surface area contributed by atoms with Crippen LogP contribution in [0.3, 0.4) is 0 Å². The fourth-order valence-corrected chi connectivity index (χ4v) is 2.62. The van der Waals surface area contributed by atoms with Crippen molar-refractivity contribution in [3.05, 3.63) is 70.5 Å². The van der Waals surface area contributed by atoms with Gasteiger partial charge in [0.25, 0.3) is 5.91 Å². The number of amides is 1. The normalized spacial score (nSPS) is 10.3. The molecular formula is C19H19ClN6O. The summed E-state index contributed by atoms with van der Waals surface area (Å²) in [6.45, 7) is 4.04. The number of halogens is 1. The molecule has 3 aromatic rings. The largest absolute Gasteiger partial charge is 0.393 e. The van der Waals surface area contributed by atoms with Crippen LogP contribution in [0.2, 0.25) is 5.02 Å². The first-order valence-corrected chi connectivity index (χ1v) is 8.59. The summed E-state index contributed by atoms with van der Waals surface area (Å²) < 4.78 is 0. The molecule has 0 unspecified atom stereocenters. The van der Waals surface area contributed by atoms with Crippen molar-refractivity contribution in [2.75, 3.05) is 16.5 Å². The second-order valence-electron chi connectivity index (χ2n) is 5.95. The van der Waals surface area contributed by atoms with Gasteiger partial charge in [0, 0.05) is 16.3 Å². The summed E-state index contributed by atoms with van der Waals surface area (Å²) >= 11 is 5.90. The summed E-state index contributed by atoms with van der Waals surface area (Å²) in [7, 11) is 0. The van der Waals surface area contributed by atoms with E-state index < -0.39 is 0 Å². The molecule has 0 spiro atoms. The zero-order valence-electron chi connectivity index (χ0n) is 14.9. The second-order valence-corrected chi connectivity index (χ2v) is 6.38. The Morgan fingerprint density at radius 2 is 1.81 bits per heavy atom. The molecule has 0 atom stereocenters. The topological polar surface area (TPSA) is 105 Å². The highest BCUT2D eigenvalue weighted by atomic mass is 35.5. The lowest BCUT2D eigenvalue weighted by atomic mass is 10.1. The molecule has 0 radical (unpaired) electrons. The standard InChI is InChI=1S/C19H19ClN6O/c1-11-5-3-8-15(12(11)2)24-17-16(21)18(23-10-22-17)25-26-19(27)13-6-4-7-14(20)9-13/h3-10H,21H2,1-2H3,(H,26,27)(H2,22,23,24,25). The Labute approximate surface area is 162 Å². The van der Waals surface area contributed by atoms with Crippen LogP contribution in [0, 0.1) is 13.8 Å². The minimum Gasteiger partial charge on any atom is -0.393 e. The van der Waals surface area contributed by atoms with Crippen LogP contribution in [0.4, 0.5) is 23.0 Å². The predicted octanol–water partition coefficient (Wildman–Crippen LogP) is 3.83. The molecule has 27 heavy (non-hydrogen) atoms. The summed E-state index contributed by atoms with van der Waals surface area (Å²) in [5, 5.41) is 3.68. The Hall–Kier alpha value is -3.32. The van der Waals surface area contributed by atoms with Gasteiger partial charge >= 0.3 is 0 Å². The van der Waals surface area contributed by atoms with E-state index >= 15 is 0 Å². The van der Waals surface area contributed by atoms with Crippen LogP contribution in [0.25, 0.3) is 0 Å². The maximum absolute atomic E-state index is 12.2. The number of hydrogen-bond donors (Lipinski definition) is 4. The number of carbonyl (C=O) groups excluding carboxylic acids is 1. The van der Waals surface area contributed by atoms with E-state index in [4.69, 9.17) is 17.3 Å². The summed E-state index contributed by atoms with van der Waals surface area (Å²) in [6.07, 6.45) is 1.36. The molecule has 0 aliphatic rings. The van der Waals surface area contributed by atoms with Crippen LogP contribution in [-0.2, 0) is 0 Å². The van der Waals surface area contributed by atoms with Crippen molar-refractivity contribution < 1.29 is 4.79 Å². The monoisotopic (exact) mass is 382 g/mol. The number of benzene rings is 2. The van der Waals surface area contributed by atoms with E-state index in [0.29, 0.717) is 16.4 Å². The second kappa shape index (κ2) is 7.92. The Balaban J connectivity index is 1.75. The van der Waals surface area contributed by atoms with Crippen molar-refractivity contribution in [2.45, 2.75) is 13.8 Å². The lowest BCUT2D eigenvalue weighted by Gasteiger charge is -2.15. The van der Waals surface area contributed by atoms with Gasteiger partial charge in [0.1, 0.15) is 12.0 Å². The Kier molecular flexibility index (Phi) is 5.42. The molecule has 0 aliphatic carbocycles. The van der Waals surface area contributed by atoms with Gasteiger partial charge in [-0.25, -0.2) is 9.97 Å². The SMILES string of the molecule is Cc1cccc(Nc2ncnc(NNC(=O)c3cccc(Cl)c3)c2N)c1C. The lowest BCUT2D eigenvalue weighted by Crippen LogP contribution is -2.30. The predicted molar refractivity (Wildman–Crippen MR) is 108 cm³/mol. The highest BCUT2D eigenvalue weighted by Crippen LogP contribution is 2.27. The fourth-order valence-electron chi connectivity index (χ4n) is 2.43. The zero-order valence-corrected chi connectivity index (χ0v) is 15.6. The summed E-state index contributed by atoms with van der Waals surface area (Å²) in [6, 6.07) is 12.5. The molecular weight excluding hydrogens is 364 g/mol. The highest BCUT2D eigenvalue weighted by molar-refractivity contribution is 6.30. The number of nitrogen functional groups attached to an aromatic ring is 1. The van der Waals surface area contributed by atoms with Gasteiger partial charge in [-0.2, -0.15) is 0 Å². The molecule has 0 fully saturated rings. The van der Waals surface area contributed by atoms with E-state index in [9.17, 15) is 4.79 Å². The third kappa shape index (κ3) is 4.27. The molecule has 7 nitrogen and oxygen atoms in total. The molecule has 138 valence electrons. The third-order valence-electron chi connectivity index (χ3n) is 4.12. The van der Waals surface area contributed by atoms with Crippen LogP contribution >= 0.6 is 11.6 Å². The number of aryl methyl sites for hydroxylation is 1. The third-order valence-corrected chi connectivity index (χ3v) is 4.36. The van der Waals surface area contributed by atoms with Gasteiger partial charge in [-0.15, -0.1) is 0 Å². The van der Waals surface area contributed by atoms with Crippen molar-refractivity contribution in [3.63, 3.8) is 0 Å². The zero-order chi connectivity index (χ0) is 19.4. The van der Waals surface area contributed by atoms with Crippen LogP contribution < -0.4 is 21.9 Å². The first kappa shape index (κ1) is 18.5. The molecule has 8 heteroatoms. The van der Waals surface area contributed by atoms with Gasteiger partial charge < -0.3 is 11.1 Å². The van der Waals surface area contributed by atoms with E-state index in [1.54, 1.807) is 24.3 Å². The molecule has 0 bridgehead atoms. The summed E-state index contributed by atoms with van der Waals surface area (Å²) in [5.74, 6) is 0.367. The molecule has 1 aromatic heterocycles. The number of nitrogens with one attached hydrogen (secondary N) is 3. The first-order valence-electron chi connectivity index (χ1n) is 8.21. The van der Waals surface area contributed by atoms with E-state index in [-0.39, 0.29) is 17.4 Å². The Morgan fingerprint density at radius 3 is 2.59 bits per heavy atom. The smallest absolute Gasteiger partial charge is 0.269 e. The highest BCUT2D eigenvalue weighted by Gasteiger charge is 2.12. The van der Waals surface area contributed by atoms with Gasteiger partial charge in [-0.05, 0) is 49.2 Å². The Morgan fingerprint density at radius 1 is 1.07 bits per heavy atom. The molecule has 0 saturated heterocycles. The number of anilines is 4. The van der Waals surface area contributed by atoms with E-state index in [1.807, 2.05) is 32.0 Å². The van der Waals surface area contributed by atoms with Crippen molar-refractivity contribution in [1.82, 2.24) is 15.4 Å². The minimum absolute atomic E-state index is 0.282.